The molecule has 0 bridgehead atoms. The second-order valence-corrected chi connectivity index (χ2v) is 14.6. The summed E-state index contributed by atoms with van der Waals surface area (Å²) in [5.74, 6) is 0.345. The summed E-state index contributed by atoms with van der Waals surface area (Å²) in [4.78, 5) is 0. The topological polar surface area (TPSA) is 53.0 Å². The average Bonchev–Trinajstić information content (AvgIpc) is 3.49. The van der Waals surface area contributed by atoms with Crippen LogP contribution in [-0.2, 0) is 4.74 Å². The Kier molecular flexibility index (Phi) is 11.3. The maximum atomic E-state index is 10.2. The average molecular weight is 585 g/mol. The van der Waals surface area contributed by atoms with Gasteiger partial charge in [-0.05, 0) is 65.9 Å². The van der Waals surface area contributed by atoms with E-state index in [-0.39, 0.29) is 34.2 Å². The molecular formula is C40H56O3. The molecule has 1 saturated heterocycles. The normalized spacial score (nSPS) is 33.8. The highest BCUT2D eigenvalue weighted by Gasteiger charge is 2.74. The number of epoxide rings is 1. The predicted octanol–water partition coefficient (Wildman–Crippen LogP) is 9.61. The Morgan fingerprint density at radius 2 is 1.23 bits per heavy atom. The minimum Gasteiger partial charge on any atom is -0.393 e. The maximum Gasteiger partial charge on any atom is 0.121 e. The largest absolute Gasteiger partial charge is 0.393 e. The quantitative estimate of drug-likeness (QED) is 0.153. The number of fused-ring (bicyclic) bond motifs is 1. The fourth-order valence-corrected chi connectivity index (χ4v) is 7.07. The number of rotatable bonds is 10. The van der Waals surface area contributed by atoms with Gasteiger partial charge in [0.1, 0.15) is 11.2 Å². The van der Waals surface area contributed by atoms with Crippen molar-refractivity contribution in [3.05, 3.63) is 119 Å². The van der Waals surface area contributed by atoms with Gasteiger partial charge in [-0.2, -0.15) is 0 Å². The van der Waals surface area contributed by atoms with Crippen LogP contribution in [0.4, 0.5) is 0 Å². The fourth-order valence-electron chi connectivity index (χ4n) is 7.07. The van der Waals surface area contributed by atoms with E-state index in [1.807, 2.05) is 6.08 Å². The highest BCUT2D eigenvalue weighted by Crippen LogP contribution is 2.66. The van der Waals surface area contributed by atoms with Crippen molar-refractivity contribution in [2.75, 3.05) is 0 Å². The van der Waals surface area contributed by atoms with Crippen molar-refractivity contribution < 1.29 is 14.9 Å². The van der Waals surface area contributed by atoms with Crippen LogP contribution in [0, 0.1) is 16.7 Å². The van der Waals surface area contributed by atoms with Crippen molar-refractivity contribution in [1.29, 1.82) is 0 Å². The summed E-state index contributed by atoms with van der Waals surface area (Å²) >= 11 is 0. The van der Waals surface area contributed by atoms with Gasteiger partial charge in [0.05, 0.1) is 12.2 Å². The molecule has 2 aliphatic carbocycles. The van der Waals surface area contributed by atoms with Gasteiger partial charge in [-0.15, -0.1) is 0 Å². The molecule has 0 aromatic carbocycles. The first-order chi connectivity index (χ1) is 20.0. The Labute approximate surface area is 262 Å². The van der Waals surface area contributed by atoms with Crippen LogP contribution in [0.3, 0.4) is 0 Å². The van der Waals surface area contributed by atoms with Crippen molar-refractivity contribution >= 4 is 0 Å². The first kappa shape index (κ1) is 34.8. The lowest BCUT2D eigenvalue weighted by molar-refractivity contribution is 0.0515. The third kappa shape index (κ3) is 8.91. The third-order valence-electron chi connectivity index (χ3n) is 9.43. The van der Waals surface area contributed by atoms with Gasteiger partial charge in [-0.3, -0.25) is 0 Å². The Hall–Kier alpha value is -2.72. The van der Waals surface area contributed by atoms with E-state index in [1.165, 1.54) is 27.9 Å². The van der Waals surface area contributed by atoms with Crippen LogP contribution < -0.4 is 0 Å². The maximum absolute atomic E-state index is 10.2. The molecule has 1 aliphatic heterocycles. The molecule has 0 radical (unpaired) electrons. The van der Waals surface area contributed by atoms with E-state index in [0.29, 0.717) is 12.3 Å². The van der Waals surface area contributed by atoms with Crippen LogP contribution in [0.25, 0.3) is 0 Å². The smallest absolute Gasteiger partial charge is 0.121 e. The molecule has 2 N–H and O–H groups in total. The standard InChI is InChI=1S/C40H56O3/c1-29(17-13-19-31(3)21-22-36-33(5)25-34(41)26-37(36,6)7)15-11-12-16-30(2)18-14-20-32(4)23-24-40-38(8,9)27-35(42)28-39(40,10)43-40/h11-25,34-36,41-42H,26-28H2,1-10H3/b12-11+,17-13+,18-14+,22-21+,24-23+,29-15+,30-16+,31-19+,32-20-/t34-,35+,36-,39?,40?/m0/s1. The van der Waals surface area contributed by atoms with Crippen molar-refractivity contribution in [2.24, 2.45) is 16.7 Å². The molecular weight excluding hydrogens is 528 g/mol. The number of aliphatic hydroxyl groups excluding tert-OH is 2. The third-order valence-corrected chi connectivity index (χ3v) is 9.43. The predicted molar refractivity (Wildman–Crippen MR) is 184 cm³/mol. The number of hydrogen-bond donors (Lipinski definition) is 2. The van der Waals surface area contributed by atoms with E-state index >= 15 is 0 Å². The van der Waals surface area contributed by atoms with E-state index in [0.717, 1.165) is 12.8 Å². The second kappa shape index (κ2) is 13.9. The van der Waals surface area contributed by atoms with Crippen molar-refractivity contribution in [3.63, 3.8) is 0 Å². The van der Waals surface area contributed by atoms with E-state index in [1.54, 1.807) is 0 Å². The van der Waals surface area contributed by atoms with Crippen LogP contribution in [-0.4, -0.2) is 33.6 Å². The first-order valence-corrected chi connectivity index (χ1v) is 15.8. The van der Waals surface area contributed by atoms with Gasteiger partial charge >= 0.3 is 0 Å². The van der Waals surface area contributed by atoms with Crippen LogP contribution in [0.15, 0.2) is 119 Å². The molecule has 2 unspecified atom stereocenters. The van der Waals surface area contributed by atoms with Crippen LogP contribution >= 0.6 is 0 Å². The molecule has 234 valence electrons. The fraction of sp³-hybridized carbons (Fsp3) is 0.500. The van der Waals surface area contributed by atoms with Crippen molar-refractivity contribution in [3.8, 4) is 0 Å². The minimum atomic E-state index is -0.333. The molecule has 0 aromatic heterocycles. The molecule has 3 nitrogen and oxygen atoms in total. The molecule has 0 amide bonds. The molecule has 5 atom stereocenters. The highest BCUT2D eigenvalue weighted by atomic mass is 16.6. The van der Waals surface area contributed by atoms with Gasteiger partial charge in [0, 0.05) is 17.8 Å². The molecule has 2 fully saturated rings. The molecule has 0 spiro atoms. The molecule has 3 heteroatoms. The van der Waals surface area contributed by atoms with Crippen LogP contribution in [0.1, 0.15) is 88.5 Å². The summed E-state index contributed by atoms with van der Waals surface area (Å²) in [7, 11) is 0. The zero-order valence-corrected chi connectivity index (χ0v) is 28.3. The summed E-state index contributed by atoms with van der Waals surface area (Å²) in [6.45, 7) is 21.5. The Morgan fingerprint density at radius 1 is 0.721 bits per heavy atom. The van der Waals surface area contributed by atoms with E-state index in [4.69, 9.17) is 4.74 Å². The molecule has 0 aromatic rings. The number of aliphatic hydroxyl groups is 2. The number of hydrogen-bond acceptors (Lipinski definition) is 3. The summed E-state index contributed by atoms with van der Waals surface area (Å²) in [5.41, 5.74) is 5.38. The van der Waals surface area contributed by atoms with Gasteiger partial charge in [0.2, 0.25) is 0 Å². The zero-order valence-electron chi connectivity index (χ0n) is 28.3. The van der Waals surface area contributed by atoms with E-state index < -0.39 is 0 Å². The number of allylic oxidation sites excluding steroid dienone is 18. The van der Waals surface area contributed by atoms with Gasteiger partial charge in [0.15, 0.2) is 0 Å². The molecule has 43 heavy (non-hydrogen) atoms. The second-order valence-electron chi connectivity index (χ2n) is 14.6. The van der Waals surface area contributed by atoms with Crippen LogP contribution in [0.2, 0.25) is 0 Å². The zero-order chi connectivity index (χ0) is 32.1. The minimum absolute atomic E-state index is 0.0547. The molecule has 1 heterocycles. The first-order valence-electron chi connectivity index (χ1n) is 15.8. The summed E-state index contributed by atoms with van der Waals surface area (Å²) in [5, 5.41) is 20.3. The van der Waals surface area contributed by atoms with Crippen molar-refractivity contribution in [2.45, 2.75) is 112 Å². The van der Waals surface area contributed by atoms with Crippen molar-refractivity contribution in [1.82, 2.24) is 0 Å². The lowest BCUT2D eigenvalue weighted by Crippen LogP contribution is -2.46. The van der Waals surface area contributed by atoms with Crippen LogP contribution in [0.5, 0.6) is 0 Å². The van der Waals surface area contributed by atoms with Gasteiger partial charge < -0.3 is 14.9 Å². The molecule has 1 saturated carbocycles. The van der Waals surface area contributed by atoms with E-state index in [2.05, 4.69) is 154 Å². The summed E-state index contributed by atoms with van der Waals surface area (Å²) in [6, 6.07) is 0. The summed E-state index contributed by atoms with van der Waals surface area (Å²) in [6.07, 6.45) is 33.5. The highest BCUT2D eigenvalue weighted by molar-refractivity contribution is 5.37. The Morgan fingerprint density at radius 3 is 1.77 bits per heavy atom. The van der Waals surface area contributed by atoms with Gasteiger partial charge in [0.25, 0.3) is 0 Å². The molecule has 3 aliphatic rings. The SMILES string of the molecule is CC1=C[C@H](O)CC(C)(C)[C@H]1/C=C/C(C)=C/C=C/C(C)=C/C=C/C=C(C)/C=C/C=C(C)\C=C\C12OC1(C)C[C@H](O)CC2(C)C. The Balaban J connectivity index is 1.49. The number of ether oxygens (including phenoxy) is 1. The van der Waals surface area contributed by atoms with Gasteiger partial charge in [-0.25, -0.2) is 0 Å². The monoisotopic (exact) mass is 584 g/mol. The van der Waals surface area contributed by atoms with E-state index in [9.17, 15) is 10.2 Å². The molecule has 3 rings (SSSR count). The summed E-state index contributed by atoms with van der Waals surface area (Å²) < 4.78 is 6.25. The lowest BCUT2D eigenvalue weighted by atomic mass is 9.63. The van der Waals surface area contributed by atoms with Gasteiger partial charge in [-0.1, -0.05) is 141 Å². The lowest BCUT2D eigenvalue weighted by Gasteiger charge is -2.39. The Bertz CT molecular complexity index is 1320.